The number of thioether (sulfide) groups is 1. The number of hydrogen-bond acceptors (Lipinski definition) is 7. The zero-order chi connectivity index (χ0) is 22.7. The molecule has 0 radical (unpaired) electrons. The molecule has 0 spiro atoms. The van der Waals surface area contributed by atoms with Gasteiger partial charge in [0, 0.05) is 12.6 Å². The van der Waals surface area contributed by atoms with Crippen molar-refractivity contribution in [3.63, 3.8) is 0 Å². The Morgan fingerprint density at radius 2 is 2.09 bits per heavy atom. The molecule has 3 atom stereocenters. The number of oxazole rings is 1. The van der Waals surface area contributed by atoms with Crippen LogP contribution in [0.25, 0.3) is 11.5 Å². The number of ether oxygens (including phenoxy) is 2. The summed E-state index contributed by atoms with van der Waals surface area (Å²) in [6.45, 7) is 2.33. The zero-order valence-electron chi connectivity index (χ0n) is 18.8. The normalized spacial score (nSPS) is 23.7. The first kappa shape index (κ1) is 22.9. The van der Waals surface area contributed by atoms with Crippen LogP contribution in [0.4, 0.5) is 4.79 Å². The van der Waals surface area contributed by atoms with E-state index in [2.05, 4.69) is 4.98 Å². The molecule has 2 aliphatic rings. The number of carbonyl (C=O) groups excluding carboxylic acids is 2. The third kappa shape index (κ3) is 5.18. The number of amides is 2. The molecule has 4 rings (SSSR count). The predicted molar refractivity (Wildman–Crippen MR) is 123 cm³/mol. The molecule has 1 aromatic carbocycles. The van der Waals surface area contributed by atoms with Crippen LogP contribution in [0, 0.1) is 12.8 Å². The lowest BCUT2D eigenvalue weighted by Gasteiger charge is -2.29. The fourth-order valence-electron chi connectivity index (χ4n) is 4.42. The van der Waals surface area contributed by atoms with Crippen molar-refractivity contribution in [3.05, 3.63) is 35.7 Å². The smallest absolute Gasteiger partial charge is 0.288 e. The molecule has 2 aromatic rings. The van der Waals surface area contributed by atoms with E-state index in [0.717, 1.165) is 73.1 Å². The molecule has 32 heavy (non-hydrogen) atoms. The molecule has 1 saturated carbocycles. The van der Waals surface area contributed by atoms with E-state index in [1.165, 1.54) is 4.90 Å². The van der Waals surface area contributed by atoms with Gasteiger partial charge in [-0.3, -0.25) is 14.5 Å². The minimum absolute atomic E-state index is 0.0584. The lowest BCUT2D eigenvalue weighted by molar-refractivity contribution is -0.125. The number of carbonyl (C=O) groups is 2. The summed E-state index contributed by atoms with van der Waals surface area (Å²) in [6.07, 6.45) is 6.17. The number of imide groups is 1. The molecule has 1 saturated heterocycles. The number of methoxy groups -OCH3 is 1. The maximum Gasteiger partial charge on any atom is 0.288 e. The molecule has 2 heterocycles. The van der Waals surface area contributed by atoms with E-state index in [9.17, 15) is 9.59 Å². The second-order valence-corrected chi connectivity index (χ2v) is 9.72. The van der Waals surface area contributed by atoms with Crippen LogP contribution in [0.5, 0.6) is 5.75 Å². The first-order valence-electron chi connectivity index (χ1n) is 11.1. The fraction of sp³-hybridized carbons (Fsp3) is 0.542. The van der Waals surface area contributed by atoms with Crippen molar-refractivity contribution >= 4 is 22.9 Å². The van der Waals surface area contributed by atoms with E-state index in [0.29, 0.717) is 18.4 Å². The van der Waals surface area contributed by atoms with Crippen molar-refractivity contribution in [2.45, 2.75) is 63.4 Å². The van der Waals surface area contributed by atoms with E-state index in [1.54, 1.807) is 14.2 Å². The van der Waals surface area contributed by atoms with Crippen molar-refractivity contribution in [2.75, 3.05) is 14.2 Å². The Kier molecular flexibility index (Phi) is 7.20. The number of hydrogen-bond donors (Lipinski definition) is 0. The Labute approximate surface area is 192 Å². The SMILES string of the molecule is COc1cccc(-c2nc(CO[C@@H]3CCC[C@H](CCC4SC(=O)N(C)C4=O)C3)c(C)o2)c1. The maximum absolute atomic E-state index is 12.1. The Morgan fingerprint density at radius 1 is 1.25 bits per heavy atom. The van der Waals surface area contributed by atoms with Crippen LogP contribution in [0.3, 0.4) is 0 Å². The monoisotopic (exact) mass is 458 g/mol. The highest BCUT2D eigenvalue weighted by Crippen LogP contribution is 2.35. The van der Waals surface area contributed by atoms with E-state index in [1.807, 2.05) is 31.2 Å². The quantitative estimate of drug-likeness (QED) is 0.537. The van der Waals surface area contributed by atoms with Crippen LogP contribution in [-0.2, 0) is 16.1 Å². The second kappa shape index (κ2) is 10.1. The zero-order valence-corrected chi connectivity index (χ0v) is 19.7. The summed E-state index contributed by atoms with van der Waals surface area (Å²) in [5.74, 6) is 2.56. The molecule has 1 aromatic heterocycles. The average Bonchev–Trinajstić information content (AvgIpc) is 3.30. The Balaban J connectivity index is 1.29. The van der Waals surface area contributed by atoms with Crippen molar-refractivity contribution in [2.24, 2.45) is 5.92 Å². The van der Waals surface area contributed by atoms with E-state index < -0.39 is 0 Å². The van der Waals surface area contributed by atoms with Crippen molar-refractivity contribution in [3.8, 4) is 17.2 Å². The van der Waals surface area contributed by atoms with Gasteiger partial charge in [-0.15, -0.1) is 0 Å². The molecule has 1 aliphatic carbocycles. The number of nitrogens with zero attached hydrogens (tertiary/aromatic N) is 2. The molecule has 8 heteroatoms. The van der Waals surface area contributed by atoms with Gasteiger partial charge in [-0.2, -0.15) is 0 Å². The summed E-state index contributed by atoms with van der Waals surface area (Å²) < 4.78 is 17.4. The molecular formula is C24H30N2O5S. The van der Waals surface area contributed by atoms with Crippen molar-refractivity contribution in [1.29, 1.82) is 0 Å². The van der Waals surface area contributed by atoms with Gasteiger partial charge in [-0.25, -0.2) is 4.98 Å². The standard InChI is InChI=1S/C24H30N2O5S/c1-15-20(25-22(31-15)17-7-5-8-18(13-17)29-3)14-30-19-9-4-6-16(12-19)10-11-21-23(27)26(2)24(28)32-21/h5,7-8,13,16,19,21H,4,6,9-12,14H2,1-3H3/t16-,19-,21?/m1/s1. The summed E-state index contributed by atoms with van der Waals surface area (Å²) in [5.41, 5.74) is 1.69. The lowest BCUT2D eigenvalue weighted by Crippen LogP contribution is -2.28. The predicted octanol–water partition coefficient (Wildman–Crippen LogP) is 5.21. The topological polar surface area (TPSA) is 81.9 Å². The molecular weight excluding hydrogens is 428 g/mol. The molecule has 0 bridgehead atoms. The molecule has 1 aliphatic heterocycles. The van der Waals surface area contributed by atoms with Gasteiger partial charge in [-0.05, 0) is 56.7 Å². The van der Waals surface area contributed by atoms with E-state index in [-0.39, 0.29) is 22.5 Å². The van der Waals surface area contributed by atoms with Gasteiger partial charge in [-0.1, -0.05) is 30.7 Å². The van der Waals surface area contributed by atoms with Crippen molar-refractivity contribution < 1.29 is 23.5 Å². The average molecular weight is 459 g/mol. The highest BCUT2D eigenvalue weighted by atomic mass is 32.2. The number of benzene rings is 1. The summed E-state index contributed by atoms with van der Waals surface area (Å²) in [7, 11) is 3.20. The molecule has 1 unspecified atom stereocenters. The third-order valence-corrected chi connectivity index (χ3v) is 7.56. The number of aryl methyl sites for hydroxylation is 1. The fourth-order valence-corrected chi connectivity index (χ4v) is 5.42. The van der Waals surface area contributed by atoms with E-state index >= 15 is 0 Å². The summed E-state index contributed by atoms with van der Waals surface area (Å²) in [4.78, 5) is 29.7. The first-order chi connectivity index (χ1) is 15.4. The van der Waals surface area contributed by atoms with Crippen molar-refractivity contribution in [1.82, 2.24) is 9.88 Å². The van der Waals surface area contributed by atoms with Gasteiger partial charge in [0.2, 0.25) is 11.8 Å². The number of aromatic nitrogens is 1. The third-order valence-electron chi connectivity index (χ3n) is 6.36. The largest absolute Gasteiger partial charge is 0.497 e. The maximum atomic E-state index is 12.1. The number of rotatable bonds is 8. The lowest BCUT2D eigenvalue weighted by atomic mass is 9.84. The van der Waals surface area contributed by atoms with Crippen LogP contribution < -0.4 is 4.74 Å². The minimum atomic E-state index is -0.221. The summed E-state index contributed by atoms with van der Waals surface area (Å²) >= 11 is 1.16. The highest BCUT2D eigenvalue weighted by Gasteiger charge is 2.37. The van der Waals surface area contributed by atoms with Crippen LogP contribution in [0.2, 0.25) is 0 Å². The Morgan fingerprint density at radius 3 is 2.84 bits per heavy atom. The molecule has 2 amide bonds. The van der Waals surface area contributed by atoms with Gasteiger partial charge < -0.3 is 13.9 Å². The Bertz CT molecular complexity index is 975. The van der Waals surface area contributed by atoms with Crippen LogP contribution in [-0.4, -0.2) is 46.5 Å². The molecule has 0 N–H and O–H groups in total. The minimum Gasteiger partial charge on any atom is -0.497 e. The van der Waals surface area contributed by atoms with Gasteiger partial charge in [0.15, 0.2) is 0 Å². The van der Waals surface area contributed by atoms with Gasteiger partial charge in [0.1, 0.15) is 17.2 Å². The van der Waals surface area contributed by atoms with Gasteiger partial charge >= 0.3 is 0 Å². The Hall–Kier alpha value is -2.32. The van der Waals surface area contributed by atoms with Crippen LogP contribution in [0.15, 0.2) is 28.7 Å². The van der Waals surface area contributed by atoms with Crippen LogP contribution >= 0.6 is 11.8 Å². The van der Waals surface area contributed by atoms with E-state index in [4.69, 9.17) is 13.9 Å². The highest BCUT2D eigenvalue weighted by molar-refractivity contribution is 8.15. The first-order valence-corrected chi connectivity index (χ1v) is 12.0. The second-order valence-electron chi connectivity index (χ2n) is 8.57. The molecule has 2 fully saturated rings. The van der Waals surface area contributed by atoms with Gasteiger partial charge in [0.05, 0.1) is 25.1 Å². The van der Waals surface area contributed by atoms with Gasteiger partial charge in [0.25, 0.3) is 5.24 Å². The summed E-state index contributed by atoms with van der Waals surface area (Å²) in [6, 6.07) is 7.65. The van der Waals surface area contributed by atoms with Crippen LogP contribution in [0.1, 0.15) is 50.0 Å². The summed E-state index contributed by atoms with van der Waals surface area (Å²) in [5, 5.41) is -0.359. The molecule has 7 nitrogen and oxygen atoms in total. The molecule has 172 valence electrons.